The molecule has 0 saturated carbocycles. The molecule has 11 heteroatoms. The minimum absolute atomic E-state index is 0.0339. The number of benzene rings is 2. The zero-order valence-corrected chi connectivity index (χ0v) is 23.0. The van der Waals surface area contributed by atoms with Crippen molar-refractivity contribution in [2.45, 2.75) is 71.1 Å². The van der Waals surface area contributed by atoms with Crippen molar-refractivity contribution < 1.29 is 38.8 Å². The van der Waals surface area contributed by atoms with Gasteiger partial charge in [-0.15, -0.1) is 0 Å². The summed E-state index contributed by atoms with van der Waals surface area (Å²) in [5, 5.41) is 32.2. The molecular formula is C27H36ClFN2O7. The van der Waals surface area contributed by atoms with Gasteiger partial charge in [-0.3, -0.25) is 0 Å². The number of ether oxygens (including phenoxy) is 2. The maximum atomic E-state index is 14.2. The molecule has 2 atom stereocenters. The molecule has 2 aromatic rings. The van der Waals surface area contributed by atoms with Crippen molar-refractivity contribution in [1.82, 2.24) is 10.4 Å². The van der Waals surface area contributed by atoms with Crippen LogP contribution >= 0.6 is 11.6 Å². The third kappa shape index (κ3) is 11.0. The van der Waals surface area contributed by atoms with Gasteiger partial charge < -0.3 is 24.8 Å². The van der Waals surface area contributed by atoms with Crippen LogP contribution in [0.25, 0.3) is 11.1 Å². The summed E-state index contributed by atoms with van der Waals surface area (Å²) in [5.74, 6) is -2.31. The largest absolute Gasteiger partial charge is 0.464 e. The molecule has 0 radical (unpaired) electrons. The Hall–Kier alpha value is -2.60. The van der Waals surface area contributed by atoms with Gasteiger partial charge in [0.05, 0.1) is 18.8 Å². The van der Waals surface area contributed by atoms with Crippen LogP contribution in [0.4, 0.5) is 4.39 Å². The van der Waals surface area contributed by atoms with Gasteiger partial charge in [0, 0.05) is 23.6 Å². The summed E-state index contributed by atoms with van der Waals surface area (Å²) in [6.45, 7) is 7.64. The molecule has 9 nitrogen and oxygen atoms in total. The van der Waals surface area contributed by atoms with E-state index in [1.54, 1.807) is 58.9 Å². The van der Waals surface area contributed by atoms with Gasteiger partial charge in [0.1, 0.15) is 11.4 Å². The second-order valence-corrected chi connectivity index (χ2v) is 10.9. The summed E-state index contributed by atoms with van der Waals surface area (Å²) < 4.78 is 24.4. The predicted molar refractivity (Wildman–Crippen MR) is 140 cm³/mol. The van der Waals surface area contributed by atoms with Gasteiger partial charge in [-0.25, -0.2) is 24.4 Å². The molecule has 0 aromatic heterocycles. The molecule has 2 aromatic carbocycles. The van der Waals surface area contributed by atoms with Crippen molar-refractivity contribution in [3.8, 4) is 11.1 Å². The van der Waals surface area contributed by atoms with E-state index in [0.29, 0.717) is 21.7 Å². The molecule has 0 heterocycles. The fourth-order valence-electron chi connectivity index (χ4n) is 3.26. The van der Waals surface area contributed by atoms with Crippen LogP contribution in [0, 0.1) is 5.82 Å². The SMILES string of the molecule is CC(C)(O)CCOC(=O)C(O)CN(Cc1ccc(-c2cc(Cl)ccc2F)cc1)NC(O)C(=O)OC(C)(C)C. The number of esters is 2. The molecule has 2 unspecified atom stereocenters. The first-order valence-electron chi connectivity index (χ1n) is 12.1. The number of rotatable bonds is 12. The fraction of sp³-hybridized carbons (Fsp3) is 0.481. The molecule has 0 fully saturated rings. The number of aliphatic hydroxyl groups excluding tert-OH is 2. The Labute approximate surface area is 227 Å². The number of halogens is 2. The smallest absolute Gasteiger partial charge is 0.352 e. The van der Waals surface area contributed by atoms with Gasteiger partial charge in [-0.1, -0.05) is 35.9 Å². The van der Waals surface area contributed by atoms with Crippen molar-refractivity contribution >= 4 is 23.5 Å². The van der Waals surface area contributed by atoms with Crippen molar-refractivity contribution in [3.05, 3.63) is 58.9 Å². The van der Waals surface area contributed by atoms with Crippen LogP contribution in [-0.4, -0.2) is 69.0 Å². The van der Waals surface area contributed by atoms with E-state index < -0.39 is 41.3 Å². The number of nitrogens with zero attached hydrogens (tertiary/aromatic N) is 1. The number of carbonyl (C=O) groups is 2. The van der Waals surface area contributed by atoms with Crippen LogP contribution in [-0.2, 0) is 25.6 Å². The van der Waals surface area contributed by atoms with Crippen molar-refractivity contribution in [3.63, 3.8) is 0 Å². The summed E-state index contributed by atoms with van der Waals surface area (Å²) in [6.07, 6.45) is -3.24. The highest BCUT2D eigenvalue weighted by Crippen LogP contribution is 2.26. The van der Waals surface area contributed by atoms with E-state index in [0.717, 1.165) is 0 Å². The average Bonchev–Trinajstić information content (AvgIpc) is 2.79. The Morgan fingerprint density at radius 1 is 1.05 bits per heavy atom. The summed E-state index contributed by atoms with van der Waals surface area (Å²) in [5.41, 5.74) is 2.21. The number of carbonyl (C=O) groups excluding carboxylic acids is 2. The van der Waals surface area contributed by atoms with E-state index in [1.807, 2.05) is 0 Å². The van der Waals surface area contributed by atoms with Crippen LogP contribution in [0.5, 0.6) is 0 Å². The van der Waals surface area contributed by atoms with E-state index in [1.165, 1.54) is 23.2 Å². The Morgan fingerprint density at radius 2 is 1.68 bits per heavy atom. The molecule has 2 rings (SSSR count). The molecule has 0 bridgehead atoms. The molecular weight excluding hydrogens is 519 g/mol. The number of aliphatic hydroxyl groups is 3. The first-order chi connectivity index (χ1) is 17.5. The molecule has 4 N–H and O–H groups in total. The predicted octanol–water partition coefficient (Wildman–Crippen LogP) is 3.18. The van der Waals surface area contributed by atoms with Crippen LogP contribution in [0.1, 0.15) is 46.6 Å². The molecule has 0 aliphatic carbocycles. The second-order valence-electron chi connectivity index (χ2n) is 10.5. The molecule has 0 amide bonds. The van der Waals surface area contributed by atoms with Gasteiger partial charge >= 0.3 is 11.9 Å². The van der Waals surface area contributed by atoms with Gasteiger partial charge in [0.15, 0.2) is 6.10 Å². The van der Waals surface area contributed by atoms with E-state index >= 15 is 0 Å². The summed E-state index contributed by atoms with van der Waals surface area (Å²) in [7, 11) is 0. The number of nitrogens with one attached hydrogen (secondary N) is 1. The quantitative estimate of drug-likeness (QED) is 0.178. The Bertz CT molecular complexity index is 1080. The standard InChI is InChI=1S/C27H36ClFN2O7/c1-26(2,3)38-25(35)23(33)30-31(16-22(32)24(34)37-13-12-27(4,5)36)15-17-6-8-18(9-7-17)20-14-19(28)10-11-21(20)29/h6-11,14,22-23,30,32-33,36H,12-13,15-16H2,1-5H3. The molecule has 210 valence electrons. The summed E-state index contributed by atoms with van der Waals surface area (Å²) >= 11 is 5.99. The van der Waals surface area contributed by atoms with Crippen molar-refractivity contribution in [2.24, 2.45) is 0 Å². The Kier molecular flexibility index (Phi) is 11.2. The van der Waals surface area contributed by atoms with Gasteiger partial charge in [-0.2, -0.15) is 0 Å². The molecule has 0 aliphatic heterocycles. The minimum Gasteiger partial charge on any atom is -0.464 e. The lowest BCUT2D eigenvalue weighted by Gasteiger charge is -2.29. The molecule has 0 aliphatic rings. The van der Waals surface area contributed by atoms with Crippen molar-refractivity contribution in [1.29, 1.82) is 0 Å². The van der Waals surface area contributed by atoms with Crippen LogP contribution < -0.4 is 5.43 Å². The monoisotopic (exact) mass is 554 g/mol. The lowest BCUT2D eigenvalue weighted by molar-refractivity contribution is -0.171. The van der Waals surface area contributed by atoms with E-state index in [9.17, 15) is 29.3 Å². The number of hydrogen-bond acceptors (Lipinski definition) is 9. The summed E-state index contributed by atoms with van der Waals surface area (Å²) in [4.78, 5) is 24.6. The average molecular weight is 555 g/mol. The highest BCUT2D eigenvalue weighted by Gasteiger charge is 2.28. The van der Waals surface area contributed by atoms with E-state index in [-0.39, 0.29) is 26.1 Å². The number of hydrazine groups is 1. The Morgan fingerprint density at radius 3 is 2.26 bits per heavy atom. The molecule has 38 heavy (non-hydrogen) atoms. The third-order valence-electron chi connectivity index (χ3n) is 5.13. The second kappa shape index (κ2) is 13.5. The highest BCUT2D eigenvalue weighted by atomic mass is 35.5. The zero-order valence-electron chi connectivity index (χ0n) is 22.2. The first kappa shape index (κ1) is 31.6. The van der Waals surface area contributed by atoms with Gasteiger partial charge in [-0.05, 0) is 63.9 Å². The lowest BCUT2D eigenvalue weighted by atomic mass is 10.0. The van der Waals surface area contributed by atoms with Crippen molar-refractivity contribution in [2.75, 3.05) is 13.2 Å². The molecule has 0 spiro atoms. The third-order valence-corrected chi connectivity index (χ3v) is 5.36. The fourth-order valence-corrected chi connectivity index (χ4v) is 3.43. The maximum absolute atomic E-state index is 14.2. The van der Waals surface area contributed by atoms with Crippen LogP contribution in [0.15, 0.2) is 42.5 Å². The number of hydrogen-bond donors (Lipinski definition) is 4. The summed E-state index contributed by atoms with van der Waals surface area (Å²) in [6, 6.07) is 11.0. The van der Waals surface area contributed by atoms with E-state index in [4.69, 9.17) is 21.1 Å². The Balaban J connectivity index is 2.15. The lowest BCUT2D eigenvalue weighted by Crippen LogP contribution is -2.53. The maximum Gasteiger partial charge on any atom is 0.352 e. The zero-order chi connectivity index (χ0) is 28.7. The topological polar surface area (TPSA) is 129 Å². The normalized spacial score (nSPS) is 13.8. The van der Waals surface area contributed by atoms with Gasteiger partial charge in [0.2, 0.25) is 6.23 Å². The first-order valence-corrected chi connectivity index (χ1v) is 12.5. The van der Waals surface area contributed by atoms with Crippen LogP contribution in [0.2, 0.25) is 5.02 Å². The highest BCUT2D eigenvalue weighted by molar-refractivity contribution is 6.30. The van der Waals surface area contributed by atoms with E-state index in [2.05, 4.69) is 5.43 Å². The molecule has 0 saturated heterocycles. The van der Waals surface area contributed by atoms with Crippen LogP contribution in [0.3, 0.4) is 0 Å². The minimum atomic E-state index is -1.78. The van der Waals surface area contributed by atoms with Gasteiger partial charge in [0.25, 0.3) is 0 Å².